The van der Waals surface area contributed by atoms with Crippen LogP contribution < -0.4 is 10.6 Å². The van der Waals surface area contributed by atoms with Crippen molar-refractivity contribution < 1.29 is 9.53 Å². The number of aromatic nitrogens is 1. The number of piperidine rings is 1. The minimum absolute atomic E-state index is 0. The van der Waals surface area contributed by atoms with Crippen LogP contribution in [0.2, 0.25) is 5.02 Å². The zero-order chi connectivity index (χ0) is 17.0. The highest BCUT2D eigenvalue weighted by molar-refractivity contribution is 6.32. The normalized spacial score (nSPS) is 15.6. The fraction of sp³-hybridized carbons (Fsp3) is 0.444. The van der Waals surface area contributed by atoms with Crippen molar-refractivity contribution >= 4 is 53.2 Å². The number of rotatable bonds is 5. The molecule has 1 aliphatic rings. The number of nitrogens with zero attached hydrogens (tertiary/aromatic N) is 1. The zero-order valence-corrected chi connectivity index (χ0v) is 17.0. The summed E-state index contributed by atoms with van der Waals surface area (Å²) in [6.07, 6.45) is 3.65. The second kappa shape index (κ2) is 10.3. The first-order chi connectivity index (χ1) is 11.6. The van der Waals surface area contributed by atoms with Gasteiger partial charge in [0, 0.05) is 35.7 Å². The molecule has 0 spiro atoms. The lowest BCUT2D eigenvalue weighted by atomic mass is 9.79. The van der Waals surface area contributed by atoms with E-state index in [0.29, 0.717) is 29.3 Å². The van der Waals surface area contributed by atoms with Gasteiger partial charge in [-0.15, -0.1) is 24.8 Å². The molecular formula is C18H24Cl3N3O2. The smallest absolute Gasteiger partial charge is 0.253 e. The van der Waals surface area contributed by atoms with Crippen molar-refractivity contribution in [2.24, 2.45) is 5.41 Å². The van der Waals surface area contributed by atoms with Crippen LogP contribution in [0.4, 0.5) is 0 Å². The molecule has 2 N–H and O–H groups in total. The van der Waals surface area contributed by atoms with Crippen molar-refractivity contribution in [3.63, 3.8) is 0 Å². The fourth-order valence-corrected chi connectivity index (χ4v) is 3.55. The van der Waals surface area contributed by atoms with Crippen molar-refractivity contribution in [1.29, 1.82) is 0 Å². The average Bonchev–Trinajstić information content (AvgIpc) is 2.60. The molecule has 1 amide bonds. The largest absolute Gasteiger partial charge is 0.384 e. The molecule has 2 heterocycles. The number of nitrogens with one attached hydrogen (secondary N) is 2. The van der Waals surface area contributed by atoms with E-state index >= 15 is 0 Å². The Kier molecular flexibility index (Phi) is 9.07. The Morgan fingerprint density at radius 2 is 2.08 bits per heavy atom. The molecule has 1 aromatic carbocycles. The van der Waals surface area contributed by atoms with Gasteiger partial charge in [0.1, 0.15) is 0 Å². The molecule has 1 aliphatic heterocycles. The van der Waals surface area contributed by atoms with E-state index in [1.54, 1.807) is 19.4 Å². The SMILES string of the molecule is COCC1(CNC(=O)c2cc(Cl)cc3cccnc23)CCNCC1.Cl.Cl. The first-order valence-corrected chi connectivity index (χ1v) is 8.53. The van der Waals surface area contributed by atoms with Crippen molar-refractivity contribution in [2.75, 3.05) is 33.4 Å². The number of hydrogen-bond donors (Lipinski definition) is 2. The van der Waals surface area contributed by atoms with Gasteiger partial charge in [-0.3, -0.25) is 9.78 Å². The van der Waals surface area contributed by atoms with E-state index in [2.05, 4.69) is 15.6 Å². The first-order valence-electron chi connectivity index (χ1n) is 8.16. The number of carbonyl (C=O) groups excluding carboxylic acids is 1. The van der Waals surface area contributed by atoms with Crippen LogP contribution in [-0.4, -0.2) is 44.2 Å². The van der Waals surface area contributed by atoms with Gasteiger partial charge in [0.2, 0.25) is 0 Å². The van der Waals surface area contributed by atoms with Crippen molar-refractivity contribution in [3.05, 3.63) is 41.0 Å². The van der Waals surface area contributed by atoms with Gasteiger partial charge in [-0.05, 0) is 44.1 Å². The summed E-state index contributed by atoms with van der Waals surface area (Å²) < 4.78 is 5.40. The third kappa shape index (κ3) is 5.21. The Morgan fingerprint density at radius 1 is 1.35 bits per heavy atom. The summed E-state index contributed by atoms with van der Waals surface area (Å²) in [5.41, 5.74) is 1.17. The predicted molar refractivity (Wildman–Crippen MR) is 110 cm³/mol. The molecule has 0 aliphatic carbocycles. The van der Waals surface area contributed by atoms with Crippen LogP contribution in [0.1, 0.15) is 23.2 Å². The fourth-order valence-electron chi connectivity index (χ4n) is 3.33. The number of hydrogen-bond acceptors (Lipinski definition) is 4. The van der Waals surface area contributed by atoms with E-state index in [4.69, 9.17) is 16.3 Å². The van der Waals surface area contributed by atoms with Crippen LogP contribution in [0.5, 0.6) is 0 Å². The maximum Gasteiger partial charge on any atom is 0.253 e. The Balaban J connectivity index is 0.00000169. The Bertz CT molecular complexity index is 731. The molecule has 1 fully saturated rings. The lowest BCUT2D eigenvalue weighted by molar-refractivity contribution is 0.0512. The number of fused-ring (bicyclic) bond motifs is 1. The molecule has 26 heavy (non-hydrogen) atoms. The highest BCUT2D eigenvalue weighted by Gasteiger charge is 2.32. The zero-order valence-electron chi connectivity index (χ0n) is 14.6. The molecular weight excluding hydrogens is 397 g/mol. The van der Waals surface area contributed by atoms with Gasteiger partial charge in [-0.25, -0.2) is 0 Å². The second-order valence-electron chi connectivity index (χ2n) is 6.39. The quantitative estimate of drug-likeness (QED) is 0.777. The minimum Gasteiger partial charge on any atom is -0.384 e. The second-order valence-corrected chi connectivity index (χ2v) is 6.83. The van der Waals surface area contributed by atoms with Gasteiger partial charge in [-0.2, -0.15) is 0 Å². The Labute approximate surface area is 171 Å². The van der Waals surface area contributed by atoms with E-state index in [9.17, 15) is 4.79 Å². The third-order valence-corrected chi connectivity index (χ3v) is 4.87. The van der Waals surface area contributed by atoms with Crippen molar-refractivity contribution in [2.45, 2.75) is 12.8 Å². The summed E-state index contributed by atoms with van der Waals surface area (Å²) in [7, 11) is 1.71. The lowest BCUT2D eigenvalue weighted by Gasteiger charge is -2.37. The van der Waals surface area contributed by atoms with Crippen LogP contribution in [0.15, 0.2) is 30.5 Å². The molecule has 3 rings (SSSR count). The highest BCUT2D eigenvalue weighted by Crippen LogP contribution is 2.29. The molecule has 0 bridgehead atoms. The third-order valence-electron chi connectivity index (χ3n) is 4.65. The van der Waals surface area contributed by atoms with Crippen LogP contribution in [-0.2, 0) is 4.74 Å². The molecule has 144 valence electrons. The number of benzene rings is 1. The predicted octanol–water partition coefficient (Wildman–Crippen LogP) is 3.48. The summed E-state index contributed by atoms with van der Waals surface area (Å²) in [6, 6.07) is 7.24. The summed E-state index contributed by atoms with van der Waals surface area (Å²) in [6.45, 7) is 3.12. The van der Waals surface area contributed by atoms with E-state index in [1.165, 1.54) is 0 Å². The van der Waals surface area contributed by atoms with Crippen LogP contribution in [0.25, 0.3) is 10.9 Å². The number of halogens is 3. The number of amides is 1. The molecule has 1 aromatic heterocycles. The van der Waals surface area contributed by atoms with Gasteiger partial charge in [0.15, 0.2) is 0 Å². The molecule has 5 nitrogen and oxygen atoms in total. The lowest BCUT2D eigenvalue weighted by Crippen LogP contribution is -2.47. The summed E-state index contributed by atoms with van der Waals surface area (Å²) in [5.74, 6) is -0.143. The molecule has 0 atom stereocenters. The number of pyridine rings is 1. The van der Waals surface area contributed by atoms with Gasteiger partial charge in [-0.1, -0.05) is 17.7 Å². The molecule has 1 saturated heterocycles. The van der Waals surface area contributed by atoms with Crippen LogP contribution in [0, 0.1) is 5.41 Å². The Morgan fingerprint density at radius 3 is 2.77 bits per heavy atom. The minimum atomic E-state index is -0.143. The van der Waals surface area contributed by atoms with E-state index in [1.807, 2.05) is 18.2 Å². The van der Waals surface area contributed by atoms with E-state index in [0.717, 1.165) is 31.3 Å². The molecule has 0 saturated carbocycles. The van der Waals surface area contributed by atoms with Gasteiger partial charge >= 0.3 is 0 Å². The van der Waals surface area contributed by atoms with Gasteiger partial charge < -0.3 is 15.4 Å². The maximum atomic E-state index is 12.7. The standard InChI is InChI=1S/C18H22ClN3O2.2ClH/c1-24-12-18(4-7-20-8-5-18)11-22-17(23)15-10-14(19)9-13-3-2-6-21-16(13)15;;/h2-3,6,9-10,20H,4-5,7-8,11-12H2,1H3,(H,22,23);2*1H. The Hall–Kier alpha value is -1.11. The summed E-state index contributed by atoms with van der Waals surface area (Å²) in [4.78, 5) is 17.1. The number of ether oxygens (including phenoxy) is 1. The first kappa shape index (κ1) is 22.9. The monoisotopic (exact) mass is 419 g/mol. The van der Waals surface area contributed by atoms with Gasteiger partial charge in [0.05, 0.1) is 17.7 Å². The summed E-state index contributed by atoms with van der Waals surface area (Å²) in [5, 5.41) is 7.82. The van der Waals surface area contributed by atoms with Crippen molar-refractivity contribution in [3.8, 4) is 0 Å². The highest BCUT2D eigenvalue weighted by atomic mass is 35.5. The average molecular weight is 421 g/mol. The maximum absolute atomic E-state index is 12.7. The molecule has 2 aromatic rings. The van der Waals surface area contributed by atoms with Crippen LogP contribution in [0.3, 0.4) is 0 Å². The molecule has 8 heteroatoms. The van der Waals surface area contributed by atoms with Crippen molar-refractivity contribution in [1.82, 2.24) is 15.6 Å². The molecule has 0 unspecified atom stereocenters. The van der Waals surface area contributed by atoms with Gasteiger partial charge in [0.25, 0.3) is 5.91 Å². The van der Waals surface area contributed by atoms with E-state index in [-0.39, 0.29) is 36.1 Å². The summed E-state index contributed by atoms with van der Waals surface area (Å²) >= 11 is 6.16. The van der Waals surface area contributed by atoms with Crippen LogP contribution >= 0.6 is 36.4 Å². The number of methoxy groups -OCH3 is 1. The van der Waals surface area contributed by atoms with E-state index < -0.39 is 0 Å². The number of carbonyl (C=O) groups is 1. The topological polar surface area (TPSA) is 63.2 Å². The molecule has 0 radical (unpaired) electrons.